The van der Waals surface area contributed by atoms with Gasteiger partial charge in [0.2, 0.25) is 0 Å². The summed E-state index contributed by atoms with van der Waals surface area (Å²) in [5.41, 5.74) is 2.45. The Labute approximate surface area is 181 Å². The Bertz CT molecular complexity index is 1470. The van der Waals surface area contributed by atoms with Crippen molar-refractivity contribution in [1.29, 1.82) is 0 Å². The fraction of sp³-hybridized carbons (Fsp3) is 0.0833. The standard InChI is InChI=1S/C24H17N3O3S/c1-15-6-4-10-20-21(15)26-24(31-20)27(14-16-7-5-11-25-13-16)22(28)18-12-17-8-2-3-9-19(17)30-23(18)29/h2-13H,14H2,1H3. The van der Waals surface area contributed by atoms with E-state index in [1.807, 2.05) is 49.4 Å². The highest BCUT2D eigenvalue weighted by Gasteiger charge is 2.25. The highest BCUT2D eigenvalue weighted by Crippen LogP contribution is 2.32. The number of carbonyl (C=O) groups is 1. The minimum atomic E-state index is -0.669. The number of rotatable bonds is 4. The number of nitrogens with zero attached hydrogens (tertiary/aromatic N) is 3. The van der Waals surface area contributed by atoms with Gasteiger partial charge in [0.1, 0.15) is 11.1 Å². The zero-order valence-electron chi connectivity index (χ0n) is 16.6. The summed E-state index contributed by atoms with van der Waals surface area (Å²) in [6.45, 7) is 2.22. The molecule has 0 saturated carbocycles. The van der Waals surface area contributed by atoms with Crippen LogP contribution in [-0.4, -0.2) is 15.9 Å². The lowest BCUT2D eigenvalue weighted by molar-refractivity contribution is 0.0981. The third-order valence-electron chi connectivity index (χ3n) is 5.02. The van der Waals surface area contributed by atoms with Crippen molar-refractivity contribution in [3.63, 3.8) is 0 Å². The monoisotopic (exact) mass is 427 g/mol. The molecule has 7 heteroatoms. The Morgan fingerprint density at radius 1 is 1.10 bits per heavy atom. The largest absolute Gasteiger partial charge is 0.422 e. The number of para-hydroxylation sites is 2. The number of aryl methyl sites for hydroxylation is 1. The van der Waals surface area contributed by atoms with Gasteiger partial charge in [-0.2, -0.15) is 0 Å². The molecule has 0 fully saturated rings. The van der Waals surface area contributed by atoms with Crippen LogP contribution >= 0.6 is 11.3 Å². The summed E-state index contributed by atoms with van der Waals surface area (Å²) in [4.78, 5) is 36.6. The molecule has 152 valence electrons. The van der Waals surface area contributed by atoms with Crippen LogP contribution in [0.15, 0.2) is 82.3 Å². The van der Waals surface area contributed by atoms with Crippen LogP contribution in [0.25, 0.3) is 21.2 Å². The molecule has 0 N–H and O–H groups in total. The van der Waals surface area contributed by atoms with Gasteiger partial charge in [-0.05, 0) is 42.3 Å². The number of benzene rings is 2. The predicted molar refractivity (Wildman–Crippen MR) is 122 cm³/mol. The summed E-state index contributed by atoms with van der Waals surface area (Å²) in [5.74, 6) is -0.458. The number of anilines is 1. The fourth-order valence-electron chi connectivity index (χ4n) is 3.45. The molecule has 0 bridgehead atoms. The highest BCUT2D eigenvalue weighted by atomic mass is 32.1. The number of fused-ring (bicyclic) bond motifs is 2. The summed E-state index contributed by atoms with van der Waals surface area (Å²) in [5, 5.41) is 1.21. The third kappa shape index (κ3) is 3.60. The second-order valence-electron chi connectivity index (χ2n) is 7.16. The second kappa shape index (κ2) is 7.77. The van der Waals surface area contributed by atoms with E-state index in [2.05, 4.69) is 4.98 Å². The molecule has 5 aromatic rings. The molecular formula is C24H17N3O3S. The molecule has 0 aliphatic rings. The van der Waals surface area contributed by atoms with Gasteiger partial charge in [0, 0.05) is 17.8 Å². The molecular weight excluding hydrogens is 410 g/mol. The number of amides is 1. The summed E-state index contributed by atoms with van der Waals surface area (Å²) >= 11 is 1.41. The van der Waals surface area contributed by atoms with E-state index in [0.29, 0.717) is 16.1 Å². The van der Waals surface area contributed by atoms with Gasteiger partial charge in [-0.15, -0.1) is 0 Å². The molecule has 0 atom stereocenters. The van der Waals surface area contributed by atoms with Crippen LogP contribution in [0.4, 0.5) is 5.13 Å². The molecule has 3 heterocycles. The number of thiazole rings is 1. The minimum absolute atomic E-state index is 0.0291. The van der Waals surface area contributed by atoms with Crippen molar-refractivity contribution in [3.05, 3.63) is 100 Å². The Kier molecular flexibility index (Phi) is 4.80. The number of aromatic nitrogens is 2. The number of hydrogen-bond acceptors (Lipinski definition) is 6. The van der Waals surface area contributed by atoms with Crippen molar-refractivity contribution in [2.45, 2.75) is 13.5 Å². The van der Waals surface area contributed by atoms with Gasteiger partial charge in [-0.1, -0.05) is 47.7 Å². The lowest BCUT2D eigenvalue weighted by Gasteiger charge is -2.19. The van der Waals surface area contributed by atoms with Gasteiger partial charge in [0.05, 0.1) is 16.8 Å². The van der Waals surface area contributed by atoms with E-state index in [1.165, 1.54) is 16.2 Å². The summed E-state index contributed by atoms with van der Waals surface area (Å²) in [6.07, 6.45) is 3.37. The quantitative estimate of drug-likeness (QED) is 0.379. The SMILES string of the molecule is Cc1cccc2sc(N(Cc3cccnc3)C(=O)c3cc4ccccc4oc3=O)nc12. The maximum Gasteiger partial charge on any atom is 0.349 e. The molecule has 0 aliphatic carbocycles. The average molecular weight is 427 g/mol. The first-order valence-electron chi connectivity index (χ1n) is 9.70. The maximum atomic E-state index is 13.6. The lowest BCUT2D eigenvalue weighted by atomic mass is 10.1. The van der Waals surface area contributed by atoms with Crippen LogP contribution < -0.4 is 10.5 Å². The summed E-state index contributed by atoms with van der Waals surface area (Å²) in [6, 6.07) is 18.3. The topological polar surface area (TPSA) is 76.3 Å². The molecule has 3 aromatic heterocycles. The summed E-state index contributed by atoms with van der Waals surface area (Å²) in [7, 11) is 0. The van der Waals surface area contributed by atoms with Crippen molar-refractivity contribution in [2.24, 2.45) is 0 Å². The second-order valence-corrected chi connectivity index (χ2v) is 8.17. The first-order valence-corrected chi connectivity index (χ1v) is 10.5. The molecule has 31 heavy (non-hydrogen) atoms. The van der Waals surface area contributed by atoms with Crippen molar-refractivity contribution in [2.75, 3.05) is 4.90 Å². The molecule has 5 rings (SSSR count). The first kappa shape index (κ1) is 19.1. The Balaban J connectivity index is 1.64. The molecule has 0 radical (unpaired) electrons. The van der Waals surface area contributed by atoms with E-state index < -0.39 is 11.5 Å². The van der Waals surface area contributed by atoms with Crippen molar-refractivity contribution in [3.8, 4) is 0 Å². The Hall–Kier alpha value is -3.84. The van der Waals surface area contributed by atoms with E-state index in [4.69, 9.17) is 9.40 Å². The molecule has 6 nitrogen and oxygen atoms in total. The maximum absolute atomic E-state index is 13.6. The van der Waals surface area contributed by atoms with Crippen LogP contribution in [0.5, 0.6) is 0 Å². The lowest BCUT2D eigenvalue weighted by Crippen LogP contribution is -2.33. The number of carbonyl (C=O) groups excluding carboxylic acids is 1. The van der Waals surface area contributed by atoms with E-state index in [9.17, 15) is 9.59 Å². The van der Waals surface area contributed by atoms with Crippen LogP contribution in [-0.2, 0) is 6.54 Å². The molecule has 1 amide bonds. The molecule has 0 saturated heterocycles. The van der Waals surface area contributed by atoms with Gasteiger partial charge >= 0.3 is 5.63 Å². The molecule has 0 spiro atoms. The van der Waals surface area contributed by atoms with Crippen LogP contribution in [0.3, 0.4) is 0 Å². The summed E-state index contributed by atoms with van der Waals surface area (Å²) < 4.78 is 6.37. The molecule has 2 aromatic carbocycles. The van der Waals surface area contributed by atoms with Gasteiger partial charge in [0.25, 0.3) is 5.91 Å². The van der Waals surface area contributed by atoms with E-state index in [-0.39, 0.29) is 12.1 Å². The highest BCUT2D eigenvalue weighted by molar-refractivity contribution is 7.22. The fourth-order valence-corrected chi connectivity index (χ4v) is 4.49. The molecule has 0 unspecified atom stereocenters. The number of hydrogen-bond donors (Lipinski definition) is 0. The molecule has 0 aliphatic heterocycles. The minimum Gasteiger partial charge on any atom is -0.422 e. The van der Waals surface area contributed by atoms with Crippen LogP contribution in [0.2, 0.25) is 0 Å². The normalized spacial score (nSPS) is 11.1. The van der Waals surface area contributed by atoms with Crippen molar-refractivity contribution >= 4 is 43.6 Å². The predicted octanol–water partition coefficient (Wildman–Crippen LogP) is 4.95. The third-order valence-corrected chi connectivity index (χ3v) is 6.06. The Morgan fingerprint density at radius 2 is 1.97 bits per heavy atom. The Morgan fingerprint density at radius 3 is 2.77 bits per heavy atom. The van der Waals surface area contributed by atoms with E-state index in [0.717, 1.165) is 21.3 Å². The van der Waals surface area contributed by atoms with Gasteiger partial charge in [-0.25, -0.2) is 9.78 Å². The van der Waals surface area contributed by atoms with E-state index >= 15 is 0 Å². The van der Waals surface area contributed by atoms with Crippen molar-refractivity contribution in [1.82, 2.24) is 9.97 Å². The van der Waals surface area contributed by atoms with Crippen LogP contribution in [0.1, 0.15) is 21.5 Å². The van der Waals surface area contributed by atoms with Gasteiger partial charge in [0.15, 0.2) is 5.13 Å². The zero-order valence-corrected chi connectivity index (χ0v) is 17.4. The first-order chi connectivity index (χ1) is 15.1. The zero-order chi connectivity index (χ0) is 21.4. The van der Waals surface area contributed by atoms with Crippen LogP contribution in [0, 0.1) is 6.92 Å². The van der Waals surface area contributed by atoms with Gasteiger partial charge < -0.3 is 4.42 Å². The smallest absolute Gasteiger partial charge is 0.349 e. The number of pyridine rings is 1. The van der Waals surface area contributed by atoms with Gasteiger partial charge in [-0.3, -0.25) is 14.7 Å². The van der Waals surface area contributed by atoms with E-state index in [1.54, 1.807) is 30.6 Å². The van der Waals surface area contributed by atoms with Crippen molar-refractivity contribution < 1.29 is 9.21 Å². The average Bonchev–Trinajstić information content (AvgIpc) is 3.23.